The lowest BCUT2D eigenvalue weighted by Gasteiger charge is -2.43. The first-order chi connectivity index (χ1) is 17.6. The van der Waals surface area contributed by atoms with E-state index in [0.29, 0.717) is 31.8 Å². The second-order valence-corrected chi connectivity index (χ2v) is 9.40. The molecule has 1 saturated heterocycles. The van der Waals surface area contributed by atoms with Crippen molar-refractivity contribution in [3.8, 4) is 17.0 Å². The molecule has 1 aromatic heterocycles. The lowest BCUT2D eigenvalue weighted by Crippen LogP contribution is -2.61. The standard InChI is InChI=1S/C28H31N3O5/c1-30-15-17-34-24-13-6-5-11-22(24)12-7-8-14-28(27(30)33)20-31(16-18-35-28)26(32)25-19-23(29-36-25)21-9-3-2-4-10-21/h2-6,9-11,13,19H,7-8,12,14-18,20H2,1H3. The van der Waals surface area contributed by atoms with Gasteiger partial charge in [0.15, 0.2) is 5.60 Å². The predicted molar refractivity (Wildman–Crippen MR) is 134 cm³/mol. The van der Waals surface area contributed by atoms with Gasteiger partial charge in [0.2, 0.25) is 5.76 Å². The third-order valence-electron chi connectivity index (χ3n) is 6.93. The average molecular weight is 490 g/mol. The van der Waals surface area contributed by atoms with Gasteiger partial charge in [-0.1, -0.05) is 53.7 Å². The molecule has 36 heavy (non-hydrogen) atoms. The maximum Gasteiger partial charge on any atom is 0.292 e. The van der Waals surface area contributed by atoms with Gasteiger partial charge in [-0.2, -0.15) is 0 Å². The normalized spacial score (nSPS) is 21.3. The van der Waals surface area contributed by atoms with Crippen LogP contribution in [-0.2, 0) is 16.0 Å². The molecule has 5 rings (SSSR count). The number of fused-ring (bicyclic) bond motifs is 1. The number of rotatable bonds is 2. The average Bonchev–Trinajstić information content (AvgIpc) is 3.41. The van der Waals surface area contributed by atoms with Crippen LogP contribution in [-0.4, -0.2) is 72.3 Å². The Labute approximate surface area is 210 Å². The number of aromatic nitrogens is 1. The molecule has 0 aliphatic carbocycles. The molecule has 0 N–H and O–H groups in total. The van der Waals surface area contributed by atoms with Crippen LogP contribution < -0.4 is 4.74 Å². The van der Waals surface area contributed by atoms with Crippen LogP contribution in [0, 0.1) is 0 Å². The fourth-order valence-corrected chi connectivity index (χ4v) is 4.94. The summed E-state index contributed by atoms with van der Waals surface area (Å²) in [5.74, 6) is 0.623. The van der Waals surface area contributed by atoms with Crippen molar-refractivity contribution in [3.05, 3.63) is 72.0 Å². The van der Waals surface area contributed by atoms with Crippen molar-refractivity contribution in [2.75, 3.05) is 39.9 Å². The van der Waals surface area contributed by atoms with E-state index in [1.807, 2.05) is 48.5 Å². The molecule has 8 heteroatoms. The quantitative estimate of drug-likeness (QED) is 0.544. The molecule has 0 bridgehead atoms. The van der Waals surface area contributed by atoms with Crippen molar-refractivity contribution in [1.82, 2.24) is 15.0 Å². The van der Waals surface area contributed by atoms with Crippen LogP contribution in [0.2, 0.25) is 0 Å². The zero-order chi connectivity index (χ0) is 25.0. The van der Waals surface area contributed by atoms with Gasteiger partial charge in [0.25, 0.3) is 11.8 Å². The molecule has 1 spiro atoms. The summed E-state index contributed by atoms with van der Waals surface area (Å²) in [6, 6.07) is 19.3. The van der Waals surface area contributed by atoms with Gasteiger partial charge in [0.1, 0.15) is 18.1 Å². The molecule has 188 valence electrons. The summed E-state index contributed by atoms with van der Waals surface area (Å²) in [6.45, 7) is 1.65. The monoisotopic (exact) mass is 489 g/mol. The van der Waals surface area contributed by atoms with Crippen molar-refractivity contribution in [1.29, 1.82) is 0 Å². The minimum absolute atomic E-state index is 0.125. The van der Waals surface area contributed by atoms with Gasteiger partial charge in [-0.05, 0) is 37.3 Å². The molecular formula is C28H31N3O5. The maximum absolute atomic E-state index is 13.6. The number of likely N-dealkylation sites (N-methyl/N-ethyl adjacent to an activating group) is 1. The first-order valence-electron chi connectivity index (χ1n) is 12.5. The van der Waals surface area contributed by atoms with Crippen molar-refractivity contribution >= 4 is 11.8 Å². The van der Waals surface area contributed by atoms with Crippen LogP contribution in [0.5, 0.6) is 5.75 Å². The van der Waals surface area contributed by atoms with Crippen LogP contribution in [0.15, 0.2) is 65.2 Å². The number of para-hydroxylation sites is 1. The number of ether oxygens (including phenoxy) is 2. The number of nitrogens with zero attached hydrogens (tertiary/aromatic N) is 3. The van der Waals surface area contributed by atoms with Crippen LogP contribution >= 0.6 is 0 Å². The van der Waals surface area contributed by atoms with E-state index in [1.165, 1.54) is 5.56 Å². The molecule has 2 amide bonds. The molecule has 2 aromatic carbocycles. The molecule has 1 fully saturated rings. The number of carbonyl (C=O) groups is 2. The zero-order valence-corrected chi connectivity index (χ0v) is 20.5. The first-order valence-corrected chi connectivity index (χ1v) is 12.5. The van der Waals surface area contributed by atoms with Crippen molar-refractivity contribution in [2.45, 2.75) is 31.3 Å². The Morgan fingerprint density at radius 1 is 1.00 bits per heavy atom. The summed E-state index contributed by atoms with van der Waals surface area (Å²) < 4.78 is 17.6. The predicted octanol–water partition coefficient (Wildman–Crippen LogP) is 3.82. The largest absolute Gasteiger partial charge is 0.491 e. The SMILES string of the molecule is CN1CCOc2ccccc2CCCCC2(CN(C(=O)c3cc(-c4ccccc4)no3)CCO2)C1=O. The number of amides is 2. The summed E-state index contributed by atoms with van der Waals surface area (Å²) in [4.78, 5) is 30.3. The third kappa shape index (κ3) is 4.99. The molecule has 3 heterocycles. The number of hydrogen-bond donors (Lipinski definition) is 0. The second-order valence-electron chi connectivity index (χ2n) is 9.40. The van der Waals surface area contributed by atoms with E-state index in [0.717, 1.165) is 30.6 Å². The van der Waals surface area contributed by atoms with Gasteiger partial charge in [-0.25, -0.2) is 0 Å². The summed E-state index contributed by atoms with van der Waals surface area (Å²) in [6.07, 6.45) is 3.07. The first kappa shape index (κ1) is 24.1. The number of hydrogen-bond acceptors (Lipinski definition) is 6. The minimum atomic E-state index is -1.09. The Bertz CT molecular complexity index is 1210. The fourth-order valence-electron chi connectivity index (χ4n) is 4.94. The van der Waals surface area contributed by atoms with Crippen molar-refractivity contribution < 1.29 is 23.6 Å². The highest BCUT2D eigenvalue weighted by Gasteiger charge is 2.46. The summed E-state index contributed by atoms with van der Waals surface area (Å²) in [5, 5.41) is 4.08. The zero-order valence-electron chi connectivity index (χ0n) is 20.5. The highest BCUT2D eigenvalue weighted by atomic mass is 16.5. The van der Waals surface area contributed by atoms with Crippen LogP contribution in [0.3, 0.4) is 0 Å². The van der Waals surface area contributed by atoms with E-state index in [1.54, 1.807) is 22.9 Å². The van der Waals surface area contributed by atoms with Gasteiger partial charge in [0, 0.05) is 25.2 Å². The Kier molecular flexibility index (Phi) is 7.04. The van der Waals surface area contributed by atoms with Gasteiger partial charge >= 0.3 is 0 Å². The number of carbonyl (C=O) groups excluding carboxylic acids is 2. The Morgan fingerprint density at radius 3 is 2.67 bits per heavy atom. The Balaban J connectivity index is 1.33. The van der Waals surface area contributed by atoms with E-state index in [4.69, 9.17) is 14.0 Å². The van der Waals surface area contributed by atoms with Crippen molar-refractivity contribution in [2.24, 2.45) is 0 Å². The van der Waals surface area contributed by atoms with E-state index in [-0.39, 0.29) is 30.7 Å². The van der Waals surface area contributed by atoms with E-state index >= 15 is 0 Å². The van der Waals surface area contributed by atoms with Gasteiger partial charge in [-0.15, -0.1) is 0 Å². The number of benzene rings is 2. The lowest BCUT2D eigenvalue weighted by atomic mass is 9.91. The molecule has 2 aliphatic heterocycles. The number of aryl methyl sites for hydroxylation is 1. The van der Waals surface area contributed by atoms with Crippen LogP contribution in [0.25, 0.3) is 11.3 Å². The lowest BCUT2D eigenvalue weighted by molar-refractivity contribution is -0.169. The molecular weight excluding hydrogens is 458 g/mol. The molecule has 0 radical (unpaired) electrons. The topological polar surface area (TPSA) is 85.1 Å². The van der Waals surface area contributed by atoms with Gasteiger partial charge in [0.05, 0.1) is 19.7 Å². The Morgan fingerprint density at radius 2 is 1.81 bits per heavy atom. The van der Waals surface area contributed by atoms with E-state index in [2.05, 4.69) is 11.2 Å². The maximum atomic E-state index is 13.6. The third-order valence-corrected chi connectivity index (χ3v) is 6.93. The molecule has 3 aromatic rings. The summed E-state index contributed by atoms with van der Waals surface area (Å²) in [7, 11) is 1.76. The molecule has 2 aliphatic rings. The Hall–Kier alpha value is -3.65. The molecule has 1 unspecified atom stereocenters. The van der Waals surface area contributed by atoms with Gasteiger partial charge < -0.3 is 23.8 Å². The summed E-state index contributed by atoms with van der Waals surface area (Å²) in [5.41, 5.74) is 1.55. The molecule has 0 saturated carbocycles. The highest BCUT2D eigenvalue weighted by molar-refractivity contribution is 5.94. The number of morpholine rings is 1. The van der Waals surface area contributed by atoms with Gasteiger partial charge in [-0.3, -0.25) is 9.59 Å². The van der Waals surface area contributed by atoms with Crippen molar-refractivity contribution in [3.63, 3.8) is 0 Å². The van der Waals surface area contributed by atoms with Crippen LogP contribution in [0.1, 0.15) is 35.4 Å². The minimum Gasteiger partial charge on any atom is -0.491 e. The second kappa shape index (κ2) is 10.5. The molecule has 8 nitrogen and oxygen atoms in total. The fraction of sp³-hybridized carbons (Fsp3) is 0.393. The summed E-state index contributed by atoms with van der Waals surface area (Å²) >= 11 is 0. The van der Waals surface area contributed by atoms with Crippen LogP contribution in [0.4, 0.5) is 0 Å². The smallest absolute Gasteiger partial charge is 0.292 e. The van der Waals surface area contributed by atoms with E-state index < -0.39 is 5.60 Å². The highest BCUT2D eigenvalue weighted by Crippen LogP contribution is 2.30. The van der Waals surface area contributed by atoms with E-state index in [9.17, 15) is 9.59 Å². The molecule has 1 atom stereocenters.